The van der Waals surface area contributed by atoms with Gasteiger partial charge in [0.2, 0.25) is 0 Å². The summed E-state index contributed by atoms with van der Waals surface area (Å²) in [5, 5.41) is 0. The lowest BCUT2D eigenvalue weighted by molar-refractivity contribution is 0.340. The molecule has 1 aliphatic carbocycles. The van der Waals surface area contributed by atoms with E-state index < -0.39 is 0 Å². The number of hydrogen-bond donors (Lipinski definition) is 0. The van der Waals surface area contributed by atoms with Crippen LogP contribution < -0.4 is 0 Å². The van der Waals surface area contributed by atoms with Crippen molar-refractivity contribution in [3.8, 4) is 0 Å². The zero-order valence-electron chi connectivity index (χ0n) is 9.27. The van der Waals surface area contributed by atoms with E-state index in [2.05, 4.69) is 27.4 Å². The first kappa shape index (κ1) is 10.6. The Morgan fingerprint density at radius 2 is 2.23 bits per heavy atom. The predicted molar refractivity (Wildman–Crippen MR) is 59.7 cm³/mol. The van der Waals surface area contributed by atoms with Gasteiger partial charge in [-0.15, -0.1) is 6.58 Å². The topological polar surface area (TPSA) is 0 Å². The van der Waals surface area contributed by atoms with Crippen molar-refractivity contribution in [2.45, 2.75) is 46.5 Å². The second-order valence-electron chi connectivity index (χ2n) is 4.62. The van der Waals surface area contributed by atoms with Crippen LogP contribution in [0.1, 0.15) is 46.5 Å². The third kappa shape index (κ3) is 2.72. The molecular formula is C13H22. The van der Waals surface area contributed by atoms with Crippen LogP contribution >= 0.6 is 0 Å². The molecule has 0 bridgehead atoms. The van der Waals surface area contributed by atoms with Crippen molar-refractivity contribution in [3.63, 3.8) is 0 Å². The third-order valence-corrected chi connectivity index (χ3v) is 3.32. The molecule has 0 aromatic rings. The van der Waals surface area contributed by atoms with Gasteiger partial charge in [0, 0.05) is 0 Å². The highest BCUT2D eigenvalue weighted by Gasteiger charge is 2.20. The first-order chi connectivity index (χ1) is 6.15. The smallest absolute Gasteiger partial charge is 0.0139 e. The summed E-state index contributed by atoms with van der Waals surface area (Å²) in [6.45, 7) is 10.8. The summed E-state index contributed by atoms with van der Waals surface area (Å²) in [5.41, 5.74) is 3.27. The van der Waals surface area contributed by atoms with Gasteiger partial charge in [-0.2, -0.15) is 0 Å². The van der Waals surface area contributed by atoms with Crippen molar-refractivity contribution in [2.75, 3.05) is 0 Å². The van der Waals surface area contributed by atoms with Crippen LogP contribution in [-0.2, 0) is 0 Å². The van der Waals surface area contributed by atoms with Crippen molar-refractivity contribution in [1.82, 2.24) is 0 Å². The summed E-state index contributed by atoms with van der Waals surface area (Å²) in [6, 6.07) is 0. The molecule has 0 nitrogen and oxygen atoms in total. The lowest BCUT2D eigenvalue weighted by Crippen LogP contribution is -2.14. The molecule has 0 heteroatoms. The first-order valence-corrected chi connectivity index (χ1v) is 5.43. The molecule has 0 saturated carbocycles. The van der Waals surface area contributed by atoms with Crippen molar-refractivity contribution in [3.05, 3.63) is 23.8 Å². The van der Waals surface area contributed by atoms with Gasteiger partial charge in [-0.25, -0.2) is 0 Å². The van der Waals surface area contributed by atoms with E-state index in [-0.39, 0.29) is 0 Å². The molecule has 0 fully saturated rings. The van der Waals surface area contributed by atoms with Gasteiger partial charge in [0.1, 0.15) is 0 Å². The van der Waals surface area contributed by atoms with Crippen LogP contribution in [0.25, 0.3) is 0 Å². The molecule has 1 unspecified atom stereocenters. The molecule has 0 spiro atoms. The van der Waals surface area contributed by atoms with Crippen LogP contribution in [0.3, 0.4) is 0 Å². The van der Waals surface area contributed by atoms with Gasteiger partial charge in [0.15, 0.2) is 0 Å². The van der Waals surface area contributed by atoms with E-state index in [9.17, 15) is 0 Å². The molecule has 13 heavy (non-hydrogen) atoms. The van der Waals surface area contributed by atoms with E-state index in [0.29, 0.717) is 0 Å². The van der Waals surface area contributed by atoms with Crippen molar-refractivity contribution < 1.29 is 0 Å². The first-order valence-electron chi connectivity index (χ1n) is 5.43. The largest absolute Gasteiger partial charge is 0.103 e. The Hall–Kier alpha value is -0.520. The molecule has 1 aliphatic rings. The average molecular weight is 178 g/mol. The predicted octanol–water partition coefficient (Wildman–Crippen LogP) is 4.34. The second kappa shape index (κ2) is 4.64. The maximum atomic E-state index is 3.81. The van der Waals surface area contributed by atoms with Crippen LogP contribution in [-0.4, -0.2) is 0 Å². The van der Waals surface area contributed by atoms with E-state index in [0.717, 1.165) is 18.3 Å². The van der Waals surface area contributed by atoms with Crippen molar-refractivity contribution >= 4 is 0 Å². The Kier molecular flexibility index (Phi) is 3.77. The van der Waals surface area contributed by atoms with E-state index in [1.165, 1.54) is 19.3 Å². The van der Waals surface area contributed by atoms with Gasteiger partial charge in [0.25, 0.3) is 0 Å². The molecule has 0 aliphatic heterocycles. The molecule has 0 aromatic carbocycles. The Morgan fingerprint density at radius 3 is 2.69 bits per heavy atom. The summed E-state index contributed by atoms with van der Waals surface area (Å²) in [7, 11) is 0. The fourth-order valence-corrected chi connectivity index (χ4v) is 2.23. The highest BCUT2D eigenvalue weighted by molar-refractivity contribution is 5.18. The van der Waals surface area contributed by atoms with Gasteiger partial charge in [0.05, 0.1) is 0 Å². The van der Waals surface area contributed by atoms with Gasteiger partial charge in [-0.1, -0.05) is 31.1 Å². The van der Waals surface area contributed by atoms with Crippen LogP contribution in [0.2, 0.25) is 0 Å². The normalized spacial score (nSPS) is 23.8. The lowest BCUT2D eigenvalue weighted by Gasteiger charge is -2.28. The monoisotopic (exact) mass is 178 g/mol. The molecule has 74 valence electrons. The molecule has 0 heterocycles. The molecule has 1 atom stereocenters. The minimum atomic E-state index is 0.847. The minimum Gasteiger partial charge on any atom is -0.103 e. The van der Waals surface area contributed by atoms with Crippen LogP contribution in [0.5, 0.6) is 0 Å². The quantitative estimate of drug-likeness (QED) is 0.564. The van der Waals surface area contributed by atoms with E-state index in [1.807, 2.05) is 6.08 Å². The van der Waals surface area contributed by atoms with Gasteiger partial charge >= 0.3 is 0 Å². The summed E-state index contributed by atoms with van der Waals surface area (Å²) in [6.07, 6.45) is 7.16. The Balaban J connectivity index is 2.60. The fraction of sp³-hybridized carbons (Fsp3) is 0.692. The average Bonchev–Trinajstić information content (AvgIpc) is 2.08. The van der Waals surface area contributed by atoms with E-state index in [1.54, 1.807) is 11.1 Å². The van der Waals surface area contributed by atoms with Crippen LogP contribution in [0, 0.1) is 11.8 Å². The molecular weight excluding hydrogens is 156 g/mol. The van der Waals surface area contributed by atoms with Crippen LogP contribution in [0.15, 0.2) is 23.8 Å². The fourth-order valence-electron chi connectivity index (χ4n) is 2.23. The minimum absolute atomic E-state index is 0.847. The van der Waals surface area contributed by atoms with Crippen molar-refractivity contribution in [1.29, 1.82) is 0 Å². The molecule has 1 rings (SSSR count). The SMILES string of the molecule is C=CCC1=C(C)CC(C(C)C)CC1. The Morgan fingerprint density at radius 1 is 1.54 bits per heavy atom. The Bertz CT molecular complexity index is 208. The van der Waals surface area contributed by atoms with E-state index in [4.69, 9.17) is 0 Å². The molecule has 0 aromatic heterocycles. The number of hydrogen-bond acceptors (Lipinski definition) is 0. The summed E-state index contributed by atoms with van der Waals surface area (Å²) < 4.78 is 0. The van der Waals surface area contributed by atoms with Crippen LogP contribution in [0.4, 0.5) is 0 Å². The zero-order valence-corrected chi connectivity index (χ0v) is 9.27. The second-order valence-corrected chi connectivity index (χ2v) is 4.62. The summed E-state index contributed by atoms with van der Waals surface area (Å²) in [4.78, 5) is 0. The van der Waals surface area contributed by atoms with Gasteiger partial charge < -0.3 is 0 Å². The molecule has 0 saturated heterocycles. The van der Waals surface area contributed by atoms with E-state index >= 15 is 0 Å². The number of allylic oxidation sites excluding steroid dienone is 3. The highest BCUT2D eigenvalue weighted by atomic mass is 14.3. The standard InChI is InChI=1S/C13H22/c1-5-6-12-7-8-13(10(2)3)9-11(12)4/h5,10,13H,1,6-9H2,2-4H3. The summed E-state index contributed by atoms with van der Waals surface area (Å²) in [5.74, 6) is 1.77. The maximum absolute atomic E-state index is 3.81. The zero-order chi connectivity index (χ0) is 9.84. The molecule has 0 radical (unpaired) electrons. The van der Waals surface area contributed by atoms with Crippen molar-refractivity contribution in [2.24, 2.45) is 11.8 Å². The Labute approximate surface area is 82.7 Å². The maximum Gasteiger partial charge on any atom is -0.0139 e. The lowest BCUT2D eigenvalue weighted by atomic mass is 9.78. The highest BCUT2D eigenvalue weighted by Crippen LogP contribution is 2.34. The number of rotatable bonds is 3. The summed E-state index contributed by atoms with van der Waals surface area (Å²) >= 11 is 0. The van der Waals surface area contributed by atoms with Gasteiger partial charge in [-0.3, -0.25) is 0 Å². The molecule has 0 amide bonds. The third-order valence-electron chi connectivity index (χ3n) is 3.32. The van der Waals surface area contributed by atoms with Gasteiger partial charge in [-0.05, 0) is 44.4 Å². The molecule has 0 N–H and O–H groups in total.